The van der Waals surface area contributed by atoms with Crippen LogP contribution in [0, 0.1) is 0 Å². The van der Waals surface area contributed by atoms with E-state index >= 15 is 0 Å². The van der Waals surface area contributed by atoms with Crippen LogP contribution in [-0.2, 0) is 24.6 Å². The van der Waals surface area contributed by atoms with Gasteiger partial charge in [0, 0.05) is 5.56 Å². The molecule has 0 radical (unpaired) electrons. The Morgan fingerprint density at radius 1 is 1.21 bits per heavy atom. The maximum Gasteiger partial charge on any atom is 0.338 e. The Morgan fingerprint density at radius 2 is 1.86 bits per heavy atom. The zero-order chi connectivity index (χ0) is 10.1. The first-order chi connectivity index (χ1) is 6.76. The lowest BCUT2D eigenvalue weighted by atomic mass is 10.0. The van der Waals surface area contributed by atoms with Gasteiger partial charge >= 0.3 is 5.97 Å². The number of esters is 1. The predicted octanol–water partition coefficient (Wildman–Crippen LogP) is 0.342. The number of hydrogen-bond acceptors (Lipinski definition) is 4. The van der Waals surface area contributed by atoms with Gasteiger partial charge in [-0.15, -0.1) is 0 Å². The molecule has 4 heteroatoms. The second-order valence-electron chi connectivity index (χ2n) is 3.17. The van der Waals surface area contributed by atoms with Crippen molar-refractivity contribution in [1.82, 2.24) is 0 Å². The lowest BCUT2D eigenvalue weighted by molar-refractivity contribution is 0.0535. The van der Waals surface area contributed by atoms with Gasteiger partial charge < -0.3 is 14.9 Å². The van der Waals surface area contributed by atoms with Crippen molar-refractivity contribution in [2.75, 3.05) is 0 Å². The van der Waals surface area contributed by atoms with Crippen molar-refractivity contribution >= 4 is 5.97 Å². The molecule has 1 heterocycles. The van der Waals surface area contributed by atoms with Crippen molar-refractivity contribution in [2.24, 2.45) is 0 Å². The van der Waals surface area contributed by atoms with Crippen molar-refractivity contribution in [1.29, 1.82) is 0 Å². The molecule has 0 spiro atoms. The number of cyclic esters (lactones) is 1. The number of hydrogen-bond donors (Lipinski definition) is 2. The minimum atomic E-state index is -0.362. The molecule has 74 valence electrons. The number of carbonyl (C=O) groups is 1. The van der Waals surface area contributed by atoms with Crippen LogP contribution >= 0.6 is 0 Å². The largest absolute Gasteiger partial charge is 0.457 e. The molecular formula is C10H10O4. The summed E-state index contributed by atoms with van der Waals surface area (Å²) in [7, 11) is 0. The molecule has 4 nitrogen and oxygen atoms in total. The zero-order valence-electron chi connectivity index (χ0n) is 7.49. The summed E-state index contributed by atoms with van der Waals surface area (Å²) in [4.78, 5) is 11.2. The standard InChI is InChI=1S/C10H10O4/c11-3-6-1-8-5-14-10(13)9(8)2-7(6)4-12/h1-2,11-12H,3-5H2. The Bertz CT molecular complexity index is 384. The fourth-order valence-electron chi connectivity index (χ4n) is 1.57. The number of aliphatic hydroxyl groups is 2. The van der Waals surface area contributed by atoms with Gasteiger partial charge in [0.05, 0.1) is 18.8 Å². The molecule has 1 aromatic carbocycles. The van der Waals surface area contributed by atoms with Crippen LogP contribution in [0.5, 0.6) is 0 Å². The maximum absolute atomic E-state index is 11.2. The Kier molecular flexibility index (Phi) is 2.23. The van der Waals surface area contributed by atoms with Crippen LogP contribution < -0.4 is 0 Å². The first-order valence-electron chi connectivity index (χ1n) is 4.29. The smallest absolute Gasteiger partial charge is 0.338 e. The molecule has 0 saturated heterocycles. The maximum atomic E-state index is 11.2. The molecule has 1 aliphatic rings. The highest BCUT2D eigenvalue weighted by Crippen LogP contribution is 2.24. The van der Waals surface area contributed by atoms with Gasteiger partial charge in [-0.2, -0.15) is 0 Å². The third-order valence-electron chi connectivity index (χ3n) is 2.34. The van der Waals surface area contributed by atoms with Crippen LogP contribution in [-0.4, -0.2) is 16.2 Å². The van der Waals surface area contributed by atoms with Crippen molar-refractivity contribution in [2.45, 2.75) is 19.8 Å². The van der Waals surface area contributed by atoms with E-state index in [0.717, 1.165) is 5.56 Å². The number of carbonyl (C=O) groups excluding carboxylic acids is 1. The van der Waals surface area contributed by atoms with Crippen molar-refractivity contribution in [3.63, 3.8) is 0 Å². The topological polar surface area (TPSA) is 66.8 Å². The Hall–Kier alpha value is -1.39. The summed E-state index contributed by atoms with van der Waals surface area (Å²) in [6.45, 7) is -0.0688. The highest BCUT2D eigenvalue weighted by atomic mass is 16.5. The van der Waals surface area contributed by atoms with Crippen molar-refractivity contribution < 1.29 is 19.7 Å². The van der Waals surface area contributed by atoms with Crippen LogP contribution in [0.2, 0.25) is 0 Å². The number of aliphatic hydroxyl groups excluding tert-OH is 2. The lowest BCUT2D eigenvalue weighted by Crippen LogP contribution is -2.00. The number of rotatable bonds is 2. The molecule has 0 aromatic heterocycles. The number of benzene rings is 1. The molecule has 0 saturated carbocycles. The average Bonchev–Trinajstić information content (AvgIpc) is 2.58. The van der Waals surface area contributed by atoms with Gasteiger partial charge in [0.1, 0.15) is 6.61 Å². The van der Waals surface area contributed by atoms with Gasteiger partial charge in [-0.05, 0) is 23.3 Å². The van der Waals surface area contributed by atoms with E-state index in [0.29, 0.717) is 16.7 Å². The molecule has 0 bridgehead atoms. The normalized spacial score (nSPS) is 14.0. The van der Waals surface area contributed by atoms with E-state index in [1.807, 2.05) is 0 Å². The molecular weight excluding hydrogens is 184 g/mol. The molecule has 1 aromatic rings. The highest BCUT2D eigenvalue weighted by Gasteiger charge is 2.22. The monoisotopic (exact) mass is 194 g/mol. The van der Waals surface area contributed by atoms with E-state index in [2.05, 4.69) is 0 Å². The third-order valence-corrected chi connectivity index (χ3v) is 2.34. The number of fused-ring (bicyclic) bond motifs is 1. The molecule has 0 aliphatic carbocycles. The van der Waals surface area contributed by atoms with Gasteiger partial charge in [-0.3, -0.25) is 0 Å². The number of ether oxygens (including phenoxy) is 1. The minimum absolute atomic E-state index is 0.142. The lowest BCUT2D eigenvalue weighted by Gasteiger charge is -2.05. The first kappa shape index (κ1) is 9.18. The molecule has 2 N–H and O–H groups in total. The van der Waals surface area contributed by atoms with Crippen molar-refractivity contribution in [3.8, 4) is 0 Å². The molecule has 14 heavy (non-hydrogen) atoms. The summed E-state index contributed by atoms with van der Waals surface area (Å²) in [6.07, 6.45) is 0. The van der Waals surface area contributed by atoms with Gasteiger partial charge in [0.15, 0.2) is 0 Å². The van der Waals surface area contributed by atoms with E-state index in [1.165, 1.54) is 0 Å². The highest BCUT2D eigenvalue weighted by molar-refractivity contribution is 5.93. The van der Waals surface area contributed by atoms with Crippen LogP contribution in [0.25, 0.3) is 0 Å². The van der Waals surface area contributed by atoms with E-state index < -0.39 is 0 Å². The summed E-state index contributed by atoms with van der Waals surface area (Å²) in [5, 5.41) is 18.0. The van der Waals surface area contributed by atoms with E-state index in [9.17, 15) is 4.79 Å². The van der Waals surface area contributed by atoms with Crippen molar-refractivity contribution in [3.05, 3.63) is 34.4 Å². The molecule has 1 aliphatic heterocycles. The third kappa shape index (κ3) is 1.29. The van der Waals surface area contributed by atoms with Gasteiger partial charge in [-0.25, -0.2) is 4.79 Å². The fraction of sp³-hybridized carbons (Fsp3) is 0.300. The minimum Gasteiger partial charge on any atom is -0.457 e. The van der Waals surface area contributed by atoms with E-state index in [-0.39, 0.29) is 25.8 Å². The van der Waals surface area contributed by atoms with Crippen LogP contribution in [0.4, 0.5) is 0 Å². The van der Waals surface area contributed by atoms with Gasteiger partial charge in [0.25, 0.3) is 0 Å². The van der Waals surface area contributed by atoms with E-state index in [1.54, 1.807) is 12.1 Å². The van der Waals surface area contributed by atoms with Crippen LogP contribution in [0.3, 0.4) is 0 Å². The second-order valence-corrected chi connectivity index (χ2v) is 3.17. The second kappa shape index (κ2) is 3.40. The average molecular weight is 194 g/mol. The molecule has 2 rings (SSSR count). The molecule has 0 atom stereocenters. The molecule has 0 amide bonds. The summed E-state index contributed by atoms with van der Waals surface area (Å²) in [5.41, 5.74) is 2.48. The zero-order valence-corrected chi connectivity index (χ0v) is 7.49. The molecule has 0 fully saturated rings. The van der Waals surface area contributed by atoms with Crippen LogP contribution in [0.1, 0.15) is 27.0 Å². The first-order valence-corrected chi connectivity index (χ1v) is 4.29. The summed E-state index contributed by atoms with van der Waals surface area (Å²) >= 11 is 0. The quantitative estimate of drug-likeness (QED) is 0.666. The Balaban J connectivity index is 2.54. The summed E-state index contributed by atoms with van der Waals surface area (Å²) < 4.78 is 4.82. The molecule has 0 unspecified atom stereocenters. The Labute approximate surface area is 80.7 Å². The fourth-order valence-corrected chi connectivity index (χ4v) is 1.57. The van der Waals surface area contributed by atoms with Crippen LogP contribution in [0.15, 0.2) is 12.1 Å². The summed E-state index contributed by atoms with van der Waals surface area (Å²) in [5.74, 6) is -0.362. The summed E-state index contributed by atoms with van der Waals surface area (Å²) in [6, 6.07) is 3.28. The van der Waals surface area contributed by atoms with Gasteiger partial charge in [-0.1, -0.05) is 0 Å². The van der Waals surface area contributed by atoms with E-state index in [4.69, 9.17) is 14.9 Å². The Morgan fingerprint density at radius 3 is 2.50 bits per heavy atom. The SMILES string of the molecule is O=C1OCc2cc(CO)c(CO)cc21. The predicted molar refractivity (Wildman–Crippen MR) is 47.4 cm³/mol. The van der Waals surface area contributed by atoms with Gasteiger partial charge in [0.2, 0.25) is 0 Å².